The highest BCUT2D eigenvalue weighted by atomic mass is 35.5. The molecule has 0 radical (unpaired) electrons. The van der Waals surface area contributed by atoms with Crippen LogP contribution in [0.5, 0.6) is 0 Å². The second-order valence-electron chi connectivity index (χ2n) is 3.56. The molecule has 0 saturated carbocycles. The quantitative estimate of drug-likeness (QED) is 0.843. The van der Waals surface area contributed by atoms with Gasteiger partial charge < -0.3 is 15.2 Å². The van der Waals surface area contributed by atoms with E-state index < -0.39 is 5.97 Å². The van der Waals surface area contributed by atoms with E-state index >= 15 is 0 Å². The Morgan fingerprint density at radius 1 is 1.69 bits per heavy atom. The third-order valence-electron chi connectivity index (χ3n) is 2.37. The van der Waals surface area contributed by atoms with E-state index in [0.717, 1.165) is 13.0 Å². The Balaban J connectivity index is 2.15. The molecule has 0 aromatic carbocycles. The number of halogens is 1. The van der Waals surface area contributed by atoms with Crippen LogP contribution in [0, 0.1) is 0 Å². The molecule has 0 amide bonds. The zero-order chi connectivity index (χ0) is 11.5. The predicted octanol–water partition coefficient (Wildman–Crippen LogP) is 1.63. The maximum Gasteiger partial charge on any atom is 0.337 e. The molecule has 2 N–H and O–H groups in total. The van der Waals surface area contributed by atoms with E-state index in [2.05, 4.69) is 10.3 Å². The van der Waals surface area contributed by atoms with Crippen LogP contribution in [-0.2, 0) is 4.74 Å². The fourth-order valence-electron chi connectivity index (χ4n) is 1.54. The van der Waals surface area contributed by atoms with Crippen molar-refractivity contribution in [2.24, 2.45) is 0 Å². The molecule has 2 heterocycles. The minimum atomic E-state index is -1.06. The van der Waals surface area contributed by atoms with Crippen molar-refractivity contribution >= 4 is 23.4 Å². The Kier molecular flexibility index (Phi) is 3.26. The van der Waals surface area contributed by atoms with Gasteiger partial charge >= 0.3 is 5.97 Å². The summed E-state index contributed by atoms with van der Waals surface area (Å²) >= 11 is 5.71. The molecule has 0 spiro atoms. The van der Waals surface area contributed by atoms with Gasteiger partial charge in [-0.3, -0.25) is 0 Å². The normalized spacial score (nSPS) is 19.7. The largest absolute Gasteiger partial charge is 0.478 e. The van der Waals surface area contributed by atoms with Gasteiger partial charge in [0.25, 0.3) is 0 Å². The molecule has 16 heavy (non-hydrogen) atoms. The Morgan fingerprint density at radius 2 is 2.50 bits per heavy atom. The summed E-state index contributed by atoms with van der Waals surface area (Å²) in [5.41, 5.74) is 0.0538. The highest BCUT2D eigenvalue weighted by Crippen LogP contribution is 2.19. The third-order valence-corrected chi connectivity index (χ3v) is 2.67. The van der Waals surface area contributed by atoms with Crippen molar-refractivity contribution in [1.29, 1.82) is 0 Å². The molecule has 2 rings (SSSR count). The number of aromatic nitrogens is 1. The van der Waals surface area contributed by atoms with Crippen molar-refractivity contribution in [3.63, 3.8) is 0 Å². The number of ether oxygens (including phenoxy) is 1. The number of carbonyl (C=O) groups is 1. The van der Waals surface area contributed by atoms with Crippen LogP contribution in [0.4, 0.5) is 5.82 Å². The van der Waals surface area contributed by atoms with Crippen molar-refractivity contribution in [1.82, 2.24) is 4.98 Å². The molecule has 6 heteroatoms. The lowest BCUT2D eigenvalue weighted by Crippen LogP contribution is -2.20. The smallest absolute Gasteiger partial charge is 0.337 e. The monoisotopic (exact) mass is 242 g/mol. The number of nitrogens with one attached hydrogen (secondary N) is 1. The number of anilines is 1. The Labute approximate surface area is 97.4 Å². The summed E-state index contributed by atoms with van der Waals surface area (Å²) in [5.74, 6) is -0.546. The lowest BCUT2D eigenvalue weighted by Gasteiger charge is -2.11. The van der Waals surface area contributed by atoms with Crippen LogP contribution in [0.15, 0.2) is 12.3 Å². The molecule has 1 fully saturated rings. The summed E-state index contributed by atoms with van der Waals surface area (Å²) in [6.07, 6.45) is 2.23. The van der Waals surface area contributed by atoms with Gasteiger partial charge in [-0.05, 0) is 12.5 Å². The van der Waals surface area contributed by atoms with Crippen LogP contribution in [-0.4, -0.2) is 35.3 Å². The highest BCUT2D eigenvalue weighted by molar-refractivity contribution is 6.33. The molecule has 1 aliphatic heterocycles. The van der Waals surface area contributed by atoms with Gasteiger partial charge in [0.2, 0.25) is 0 Å². The van der Waals surface area contributed by atoms with Crippen LogP contribution < -0.4 is 5.32 Å². The summed E-state index contributed by atoms with van der Waals surface area (Å²) in [5, 5.41) is 12.1. The van der Waals surface area contributed by atoms with Gasteiger partial charge in [0, 0.05) is 12.8 Å². The highest BCUT2D eigenvalue weighted by Gasteiger charge is 2.17. The molecule has 1 unspecified atom stereocenters. The van der Waals surface area contributed by atoms with E-state index in [1.165, 1.54) is 12.3 Å². The van der Waals surface area contributed by atoms with E-state index in [1.54, 1.807) is 0 Å². The van der Waals surface area contributed by atoms with Crippen LogP contribution in [0.1, 0.15) is 16.8 Å². The third kappa shape index (κ3) is 2.43. The van der Waals surface area contributed by atoms with Crippen LogP contribution >= 0.6 is 11.6 Å². The second-order valence-corrected chi connectivity index (χ2v) is 3.97. The first-order chi connectivity index (χ1) is 7.66. The molecule has 0 bridgehead atoms. The molecular formula is C10H11ClN2O3. The van der Waals surface area contributed by atoms with E-state index in [4.69, 9.17) is 21.4 Å². The van der Waals surface area contributed by atoms with E-state index in [-0.39, 0.29) is 16.6 Å². The number of carboxylic acid groups (broad SMARTS) is 1. The number of carboxylic acids is 1. The molecule has 1 saturated heterocycles. The Bertz CT molecular complexity index is 405. The number of hydrogen-bond donors (Lipinski definition) is 2. The SMILES string of the molecule is O=C(O)c1cc(NC2CCOC2)ncc1Cl. The minimum absolute atomic E-state index is 0.0538. The second kappa shape index (κ2) is 4.67. The molecule has 1 aliphatic rings. The first-order valence-corrected chi connectivity index (χ1v) is 5.28. The van der Waals surface area contributed by atoms with Crippen molar-refractivity contribution in [3.05, 3.63) is 22.8 Å². The average Bonchev–Trinajstić information content (AvgIpc) is 2.73. The van der Waals surface area contributed by atoms with E-state index in [9.17, 15) is 4.79 Å². The van der Waals surface area contributed by atoms with Crippen LogP contribution in [0.25, 0.3) is 0 Å². The molecule has 1 aromatic rings. The minimum Gasteiger partial charge on any atom is -0.478 e. The number of aromatic carboxylic acids is 1. The van der Waals surface area contributed by atoms with Gasteiger partial charge in [0.05, 0.1) is 23.2 Å². The van der Waals surface area contributed by atoms with Gasteiger partial charge in [-0.2, -0.15) is 0 Å². The summed E-state index contributed by atoms with van der Waals surface area (Å²) in [7, 11) is 0. The molecule has 1 aromatic heterocycles. The average molecular weight is 243 g/mol. The predicted molar refractivity (Wildman–Crippen MR) is 59.1 cm³/mol. The molecule has 86 valence electrons. The number of pyridine rings is 1. The fourth-order valence-corrected chi connectivity index (χ4v) is 1.72. The first kappa shape index (κ1) is 11.2. The van der Waals surface area contributed by atoms with Crippen molar-refractivity contribution in [3.8, 4) is 0 Å². The van der Waals surface area contributed by atoms with Gasteiger partial charge in [-0.1, -0.05) is 11.6 Å². The molecular weight excluding hydrogens is 232 g/mol. The zero-order valence-corrected chi connectivity index (χ0v) is 9.20. The van der Waals surface area contributed by atoms with Crippen molar-refractivity contribution in [2.45, 2.75) is 12.5 Å². The van der Waals surface area contributed by atoms with Crippen LogP contribution in [0.3, 0.4) is 0 Å². The number of nitrogens with zero attached hydrogens (tertiary/aromatic N) is 1. The number of rotatable bonds is 3. The maximum atomic E-state index is 10.8. The summed E-state index contributed by atoms with van der Waals surface area (Å²) in [6, 6.07) is 1.62. The standard InChI is InChI=1S/C10H11ClN2O3/c11-8-4-12-9(3-7(8)10(14)15)13-6-1-2-16-5-6/h3-4,6H,1-2,5H2,(H,12,13)(H,14,15). The number of hydrogen-bond acceptors (Lipinski definition) is 4. The van der Waals surface area contributed by atoms with Crippen LogP contribution in [0.2, 0.25) is 5.02 Å². The first-order valence-electron chi connectivity index (χ1n) is 4.90. The maximum absolute atomic E-state index is 10.8. The lowest BCUT2D eigenvalue weighted by atomic mass is 10.2. The molecule has 1 atom stereocenters. The lowest BCUT2D eigenvalue weighted by molar-refractivity contribution is 0.0697. The summed E-state index contributed by atoms with van der Waals surface area (Å²) in [6.45, 7) is 1.34. The van der Waals surface area contributed by atoms with E-state index in [0.29, 0.717) is 12.4 Å². The zero-order valence-electron chi connectivity index (χ0n) is 8.44. The summed E-state index contributed by atoms with van der Waals surface area (Å²) < 4.78 is 5.20. The fraction of sp³-hybridized carbons (Fsp3) is 0.400. The van der Waals surface area contributed by atoms with Gasteiger partial charge in [-0.25, -0.2) is 9.78 Å². The summed E-state index contributed by atoms with van der Waals surface area (Å²) in [4.78, 5) is 14.9. The van der Waals surface area contributed by atoms with Crippen molar-refractivity contribution < 1.29 is 14.6 Å². The van der Waals surface area contributed by atoms with Crippen molar-refractivity contribution in [2.75, 3.05) is 18.5 Å². The Hall–Kier alpha value is -1.33. The van der Waals surface area contributed by atoms with E-state index in [1.807, 2.05) is 0 Å². The van der Waals surface area contributed by atoms with Gasteiger partial charge in [-0.15, -0.1) is 0 Å². The molecule has 0 aliphatic carbocycles. The van der Waals surface area contributed by atoms with Gasteiger partial charge in [0.15, 0.2) is 0 Å². The van der Waals surface area contributed by atoms with Gasteiger partial charge in [0.1, 0.15) is 5.82 Å². The molecule has 5 nitrogen and oxygen atoms in total. The Morgan fingerprint density at radius 3 is 3.12 bits per heavy atom. The topological polar surface area (TPSA) is 71.5 Å².